The van der Waals surface area contributed by atoms with E-state index in [1.54, 1.807) is 6.07 Å². The maximum Gasteiger partial charge on any atom is 0.416 e. The molecule has 0 saturated heterocycles. The van der Waals surface area contributed by atoms with Gasteiger partial charge in [-0.15, -0.1) is 0 Å². The highest BCUT2D eigenvalue weighted by Crippen LogP contribution is 2.35. The van der Waals surface area contributed by atoms with E-state index in [-0.39, 0.29) is 35.9 Å². The Morgan fingerprint density at radius 1 is 1.16 bits per heavy atom. The number of hydrogen-bond acceptors (Lipinski definition) is 4. The molecule has 0 radical (unpaired) electrons. The zero-order valence-corrected chi connectivity index (χ0v) is 16.2. The molecule has 160 valence electrons. The second kappa shape index (κ2) is 7.86. The van der Waals surface area contributed by atoms with Gasteiger partial charge < -0.3 is 4.74 Å². The Hall–Kier alpha value is -3.69. The van der Waals surface area contributed by atoms with E-state index < -0.39 is 23.6 Å². The minimum atomic E-state index is -4.49. The van der Waals surface area contributed by atoms with Crippen molar-refractivity contribution in [3.05, 3.63) is 66.2 Å². The Morgan fingerprint density at radius 3 is 2.71 bits per heavy atom. The number of ether oxygens (including phenoxy) is 1. The predicted molar refractivity (Wildman–Crippen MR) is 106 cm³/mol. The van der Waals surface area contributed by atoms with Gasteiger partial charge in [0.1, 0.15) is 12.4 Å². The number of pyridine rings is 2. The third kappa shape index (κ3) is 4.14. The van der Waals surface area contributed by atoms with Crippen molar-refractivity contribution in [3.63, 3.8) is 0 Å². The first-order valence-corrected chi connectivity index (χ1v) is 9.21. The minimum Gasteiger partial charge on any atom is -0.488 e. The summed E-state index contributed by atoms with van der Waals surface area (Å²) in [6.07, 6.45) is -2.12. The Balaban J connectivity index is 1.69. The number of hydrogen-bond donors (Lipinski definition) is 0. The molecule has 2 amide bonds. The molecule has 0 saturated carbocycles. The van der Waals surface area contributed by atoms with Crippen LogP contribution in [0.1, 0.15) is 5.56 Å². The Bertz CT molecular complexity index is 1140. The maximum absolute atomic E-state index is 13.5. The number of aromatic nitrogens is 2. The molecule has 0 bridgehead atoms. The molecular formula is C21H16F4N4O2. The van der Waals surface area contributed by atoms with Gasteiger partial charge in [0, 0.05) is 18.7 Å². The van der Waals surface area contributed by atoms with Crippen LogP contribution >= 0.6 is 0 Å². The molecule has 6 nitrogen and oxygen atoms in total. The summed E-state index contributed by atoms with van der Waals surface area (Å²) in [7, 11) is 1.46. The Kier molecular flexibility index (Phi) is 5.22. The van der Waals surface area contributed by atoms with Crippen LogP contribution in [0.5, 0.6) is 5.75 Å². The molecule has 4 rings (SSSR count). The zero-order valence-electron chi connectivity index (χ0n) is 16.2. The van der Waals surface area contributed by atoms with Crippen molar-refractivity contribution in [3.8, 4) is 17.0 Å². The average Bonchev–Trinajstić information content (AvgIpc) is 2.77. The first-order valence-electron chi connectivity index (χ1n) is 9.21. The van der Waals surface area contributed by atoms with E-state index in [9.17, 15) is 22.4 Å². The number of carbonyl (C=O) groups excluding carboxylic acids is 1. The SMILES string of the molecule is CN(C(=O)N1CCOc2ccc(-c3cccc(C(F)(F)F)c3)nc21)c1cncc(F)c1. The van der Waals surface area contributed by atoms with E-state index in [0.29, 0.717) is 5.75 Å². The highest BCUT2D eigenvalue weighted by Gasteiger charge is 2.31. The summed E-state index contributed by atoms with van der Waals surface area (Å²) in [6.45, 7) is 0.372. The number of urea groups is 1. The number of nitrogens with zero attached hydrogens (tertiary/aromatic N) is 4. The van der Waals surface area contributed by atoms with E-state index >= 15 is 0 Å². The van der Waals surface area contributed by atoms with Crippen LogP contribution in [-0.2, 0) is 6.18 Å². The van der Waals surface area contributed by atoms with E-state index in [1.807, 2.05) is 0 Å². The molecule has 0 spiro atoms. The number of benzene rings is 1. The predicted octanol–water partition coefficient (Wildman–Crippen LogP) is 4.76. The van der Waals surface area contributed by atoms with Crippen LogP contribution in [0.2, 0.25) is 0 Å². The summed E-state index contributed by atoms with van der Waals surface area (Å²) in [5.41, 5.74) is -0.0550. The topological polar surface area (TPSA) is 58.6 Å². The molecule has 0 aliphatic carbocycles. The number of carbonyl (C=O) groups is 1. The van der Waals surface area contributed by atoms with E-state index in [0.717, 1.165) is 18.3 Å². The van der Waals surface area contributed by atoms with Crippen LogP contribution in [0.15, 0.2) is 54.9 Å². The number of amides is 2. The lowest BCUT2D eigenvalue weighted by atomic mass is 10.1. The van der Waals surface area contributed by atoms with Crippen LogP contribution in [-0.4, -0.2) is 36.2 Å². The number of anilines is 2. The van der Waals surface area contributed by atoms with Gasteiger partial charge in [0.05, 0.1) is 35.9 Å². The van der Waals surface area contributed by atoms with Crippen LogP contribution < -0.4 is 14.5 Å². The number of rotatable bonds is 2. The van der Waals surface area contributed by atoms with Crippen molar-refractivity contribution in [2.75, 3.05) is 30.0 Å². The summed E-state index contributed by atoms with van der Waals surface area (Å²) >= 11 is 0. The number of fused-ring (bicyclic) bond motifs is 1. The molecule has 1 aliphatic heterocycles. The van der Waals surface area contributed by atoms with Crippen molar-refractivity contribution in [2.45, 2.75) is 6.18 Å². The molecule has 10 heteroatoms. The molecule has 3 heterocycles. The molecule has 0 fully saturated rings. The van der Waals surface area contributed by atoms with Crippen LogP contribution in [0.4, 0.5) is 33.9 Å². The maximum atomic E-state index is 13.5. The third-order valence-electron chi connectivity index (χ3n) is 4.75. The molecule has 1 aliphatic rings. The minimum absolute atomic E-state index is 0.165. The monoisotopic (exact) mass is 432 g/mol. The summed E-state index contributed by atoms with van der Waals surface area (Å²) in [5, 5.41) is 0. The van der Waals surface area contributed by atoms with Crippen LogP contribution in [0, 0.1) is 5.82 Å². The molecule has 3 aromatic rings. The zero-order chi connectivity index (χ0) is 22.2. The second-order valence-electron chi connectivity index (χ2n) is 6.80. The average molecular weight is 432 g/mol. The van der Waals surface area contributed by atoms with Gasteiger partial charge in [-0.1, -0.05) is 12.1 Å². The molecule has 0 atom stereocenters. The van der Waals surface area contributed by atoms with Gasteiger partial charge in [0.15, 0.2) is 11.6 Å². The van der Waals surface area contributed by atoms with E-state index in [1.165, 1.54) is 47.3 Å². The third-order valence-corrected chi connectivity index (χ3v) is 4.75. The Morgan fingerprint density at radius 2 is 1.97 bits per heavy atom. The van der Waals surface area contributed by atoms with Crippen LogP contribution in [0.3, 0.4) is 0 Å². The second-order valence-corrected chi connectivity index (χ2v) is 6.80. The molecule has 31 heavy (non-hydrogen) atoms. The first-order chi connectivity index (χ1) is 14.7. The lowest BCUT2D eigenvalue weighted by Gasteiger charge is -2.32. The lowest BCUT2D eigenvalue weighted by molar-refractivity contribution is -0.137. The highest BCUT2D eigenvalue weighted by atomic mass is 19.4. The van der Waals surface area contributed by atoms with Gasteiger partial charge in [0.25, 0.3) is 0 Å². The molecule has 0 N–H and O–H groups in total. The summed E-state index contributed by atoms with van der Waals surface area (Å²) in [5.74, 6) is -0.104. The molecule has 0 unspecified atom stereocenters. The summed E-state index contributed by atoms with van der Waals surface area (Å²) in [6, 6.07) is 8.51. The fraction of sp³-hybridized carbons (Fsp3) is 0.190. The van der Waals surface area contributed by atoms with Gasteiger partial charge in [-0.2, -0.15) is 13.2 Å². The van der Waals surface area contributed by atoms with Crippen molar-refractivity contribution < 1.29 is 27.1 Å². The summed E-state index contributed by atoms with van der Waals surface area (Å²) < 4.78 is 58.3. The summed E-state index contributed by atoms with van der Waals surface area (Å²) in [4.78, 5) is 23.7. The quantitative estimate of drug-likeness (QED) is 0.548. The fourth-order valence-electron chi connectivity index (χ4n) is 3.17. The molecule has 1 aromatic carbocycles. The van der Waals surface area contributed by atoms with Gasteiger partial charge in [-0.05, 0) is 24.3 Å². The van der Waals surface area contributed by atoms with Crippen LogP contribution in [0.25, 0.3) is 11.3 Å². The van der Waals surface area contributed by atoms with Gasteiger partial charge in [0.2, 0.25) is 0 Å². The van der Waals surface area contributed by atoms with Crippen molar-refractivity contribution >= 4 is 17.5 Å². The Labute approximate surface area is 174 Å². The van der Waals surface area contributed by atoms with Crippen molar-refractivity contribution in [1.29, 1.82) is 0 Å². The highest BCUT2D eigenvalue weighted by molar-refractivity contribution is 6.03. The first kappa shape index (κ1) is 20.6. The largest absolute Gasteiger partial charge is 0.488 e. The van der Waals surface area contributed by atoms with Gasteiger partial charge >= 0.3 is 12.2 Å². The van der Waals surface area contributed by atoms with E-state index in [4.69, 9.17) is 4.74 Å². The fourth-order valence-corrected chi connectivity index (χ4v) is 3.17. The molecule has 2 aromatic heterocycles. The van der Waals surface area contributed by atoms with Gasteiger partial charge in [-0.25, -0.2) is 14.2 Å². The number of halogens is 4. The van der Waals surface area contributed by atoms with Crippen molar-refractivity contribution in [2.24, 2.45) is 0 Å². The van der Waals surface area contributed by atoms with Crippen molar-refractivity contribution in [1.82, 2.24) is 9.97 Å². The normalized spacial score (nSPS) is 13.4. The smallest absolute Gasteiger partial charge is 0.416 e. The standard InChI is InChI=1S/C21H16F4N4O2/c1-28(16-10-15(22)11-26-12-16)20(30)29-7-8-31-18-6-5-17(27-19(18)29)13-3-2-4-14(9-13)21(23,24)25/h2-6,9-12H,7-8H2,1H3. The van der Waals surface area contributed by atoms with Gasteiger partial charge in [-0.3, -0.25) is 14.8 Å². The number of alkyl halides is 3. The lowest BCUT2D eigenvalue weighted by Crippen LogP contribution is -2.46. The molecular weight excluding hydrogens is 416 g/mol. The van der Waals surface area contributed by atoms with E-state index in [2.05, 4.69) is 9.97 Å².